The van der Waals surface area contributed by atoms with E-state index >= 15 is 0 Å². The molecule has 6 heteroatoms. The Morgan fingerprint density at radius 3 is 2.11 bits per heavy atom. The minimum atomic E-state index is -0.142. The number of methoxy groups -OCH3 is 3. The fourth-order valence-corrected chi connectivity index (χ4v) is 1.71. The molecule has 0 atom stereocenters. The Hall–Kier alpha value is -1.95. The molecule has 0 bridgehead atoms. The number of ether oxygens (including phenoxy) is 3. The predicted molar refractivity (Wildman–Crippen MR) is 71.4 cm³/mol. The highest BCUT2D eigenvalue weighted by Gasteiger charge is 2.13. The van der Waals surface area contributed by atoms with Crippen LogP contribution in [0.3, 0.4) is 0 Å². The molecule has 19 heavy (non-hydrogen) atoms. The van der Waals surface area contributed by atoms with Gasteiger partial charge in [-0.05, 0) is 18.1 Å². The van der Waals surface area contributed by atoms with Crippen LogP contribution in [0, 0.1) is 0 Å². The predicted octanol–water partition coefficient (Wildman–Crippen LogP) is 0.977. The number of nitrogens with zero attached hydrogens (tertiary/aromatic N) is 1. The van der Waals surface area contributed by atoms with Gasteiger partial charge in [-0.1, -0.05) is 0 Å². The summed E-state index contributed by atoms with van der Waals surface area (Å²) in [6, 6.07) is 3.55. The fourth-order valence-electron chi connectivity index (χ4n) is 1.71. The Labute approximate surface area is 113 Å². The van der Waals surface area contributed by atoms with E-state index in [1.54, 1.807) is 27.4 Å². The van der Waals surface area contributed by atoms with E-state index in [9.17, 15) is 4.79 Å². The van der Waals surface area contributed by atoms with Crippen molar-refractivity contribution in [1.29, 1.82) is 0 Å². The van der Waals surface area contributed by atoms with Crippen LogP contribution in [0.4, 0.5) is 0 Å². The molecule has 1 aromatic carbocycles. The van der Waals surface area contributed by atoms with Crippen molar-refractivity contribution in [2.45, 2.75) is 12.8 Å². The zero-order chi connectivity index (χ0) is 14.4. The highest BCUT2D eigenvalue weighted by atomic mass is 16.5. The van der Waals surface area contributed by atoms with E-state index in [1.165, 1.54) is 7.05 Å². The van der Waals surface area contributed by atoms with Crippen LogP contribution in [-0.4, -0.2) is 39.3 Å². The van der Waals surface area contributed by atoms with Gasteiger partial charge in [0.1, 0.15) is 5.75 Å². The smallest absolute Gasteiger partial charge is 0.236 e. The molecule has 0 spiro atoms. The molecule has 0 aliphatic rings. The van der Waals surface area contributed by atoms with Gasteiger partial charge in [0.15, 0.2) is 11.5 Å². The Morgan fingerprint density at radius 2 is 1.63 bits per heavy atom. The number of carbonyl (C=O) groups excluding carboxylic acids is 1. The summed E-state index contributed by atoms with van der Waals surface area (Å²) in [6.45, 7) is 0. The normalized spacial score (nSPS) is 9.95. The monoisotopic (exact) mass is 268 g/mol. The zero-order valence-corrected chi connectivity index (χ0v) is 11.7. The van der Waals surface area contributed by atoms with Gasteiger partial charge in [-0.2, -0.15) is 0 Å². The first kappa shape index (κ1) is 15.1. The lowest BCUT2D eigenvalue weighted by Crippen LogP contribution is -2.33. The molecule has 1 aromatic rings. The third-order valence-electron chi connectivity index (χ3n) is 2.79. The maximum atomic E-state index is 11.5. The SMILES string of the molecule is COc1cc(OC)c(OC)cc1CCC(=O)N(C)N. The van der Waals surface area contributed by atoms with Crippen molar-refractivity contribution in [2.24, 2.45) is 5.84 Å². The van der Waals surface area contributed by atoms with Gasteiger partial charge in [-0.3, -0.25) is 9.80 Å². The first-order valence-electron chi connectivity index (χ1n) is 5.83. The average molecular weight is 268 g/mol. The van der Waals surface area contributed by atoms with Gasteiger partial charge in [0.25, 0.3) is 0 Å². The number of rotatable bonds is 6. The third-order valence-corrected chi connectivity index (χ3v) is 2.79. The number of hydrazine groups is 1. The fraction of sp³-hybridized carbons (Fsp3) is 0.462. The van der Waals surface area contributed by atoms with Crippen molar-refractivity contribution < 1.29 is 19.0 Å². The topological polar surface area (TPSA) is 74.0 Å². The summed E-state index contributed by atoms with van der Waals surface area (Å²) in [5.41, 5.74) is 0.871. The van der Waals surface area contributed by atoms with Crippen LogP contribution in [0.1, 0.15) is 12.0 Å². The van der Waals surface area contributed by atoms with Gasteiger partial charge in [0.05, 0.1) is 21.3 Å². The van der Waals surface area contributed by atoms with Gasteiger partial charge < -0.3 is 14.2 Å². The van der Waals surface area contributed by atoms with Gasteiger partial charge in [0.2, 0.25) is 5.91 Å². The molecule has 1 amide bonds. The summed E-state index contributed by atoms with van der Waals surface area (Å²) in [4.78, 5) is 11.5. The maximum absolute atomic E-state index is 11.5. The molecule has 0 saturated heterocycles. The van der Waals surface area contributed by atoms with Crippen LogP contribution in [0.5, 0.6) is 17.2 Å². The molecule has 0 aromatic heterocycles. The van der Waals surface area contributed by atoms with Crippen molar-refractivity contribution in [1.82, 2.24) is 5.01 Å². The van der Waals surface area contributed by atoms with Crippen molar-refractivity contribution in [3.63, 3.8) is 0 Å². The van der Waals surface area contributed by atoms with Crippen molar-refractivity contribution in [2.75, 3.05) is 28.4 Å². The first-order valence-corrected chi connectivity index (χ1v) is 5.83. The van der Waals surface area contributed by atoms with E-state index in [1.807, 2.05) is 6.07 Å². The van der Waals surface area contributed by atoms with Gasteiger partial charge in [-0.25, -0.2) is 5.84 Å². The summed E-state index contributed by atoms with van der Waals surface area (Å²) in [7, 11) is 6.21. The van der Waals surface area contributed by atoms with Crippen molar-refractivity contribution >= 4 is 5.91 Å². The molecule has 0 aliphatic carbocycles. The molecular formula is C13H20N2O4. The largest absolute Gasteiger partial charge is 0.496 e. The number of benzene rings is 1. The van der Waals surface area contributed by atoms with E-state index in [0.717, 1.165) is 10.6 Å². The van der Waals surface area contributed by atoms with Crippen LogP contribution >= 0.6 is 0 Å². The number of nitrogens with two attached hydrogens (primary N) is 1. The zero-order valence-electron chi connectivity index (χ0n) is 11.7. The average Bonchev–Trinajstić information content (AvgIpc) is 2.43. The van der Waals surface area contributed by atoms with Crippen molar-refractivity contribution in [3.05, 3.63) is 17.7 Å². The standard InChI is InChI=1S/C13H20N2O4/c1-15(14)13(16)6-5-9-7-11(18-3)12(19-4)8-10(9)17-2/h7-8H,5-6,14H2,1-4H3. The Kier molecular flexibility index (Phi) is 5.44. The second-order valence-electron chi connectivity index (χ2n) is 4.02. The molecule has 2 N–H and O–H groups in total. The van der Waals surface area contributed by atoms with Crippen LogP contribution in [-0.2, 0) is 11.2 Å². The Balaban J connectivity index is 2.95. The minimum absolute atomic E-state index is 0.142. The highest BCUT2D eigenvalue weighted by molar-refractivity contribution is 5.75. The van der Waals surface area contributed by atoms with E-state index in [2.05, 4.69) is 0 Å². The number of amides is 1. The summed E-state index contributed by atoms with van der Waals surface area (Å²) in [5.74, 6) is 7.09. The second kappa shape index (κ2) is 6.84. The van der Waals surface area contributed by atoms with Gasteiger partial charge in [-0.15, -0.1) is 0 Å². The Morgan fingerprint density at radius 1 is 1.11 bits per heavy atom. The quantitative estimate of drug-likeness (QED) is 0.473. The molecule has 0 radical (unpaired) electrons. The number of hydrogen-bond donors (Lipinski definition) is 1. The minimum Gasteiger partial charge on any atom is -0.496 e. The van der Waals surface area contributed by atoms with Crippen LogP contribution in [0.25, 0.3) is 0 Å². The molecule has 6 nitrogen and oxygen atoms in total. The van der Waals surface area contributed by atoms with Gasteiger partial charge in [0, 0.05) is 19.5 Å². The highest BCUT2D eigenvalue weighted by Crippen LogP contribution is 2.35. The molecule has 1 rings (SSSR count). The van der Waals surface area contributed by atoms with E-state index in [0.29, 0.717) is 30.1 Å². The Bertz CT molecular complexity index is 447. The number of hydrogen-bond acceptors (Lipinski definition) is 5. The summed E-state index contributed by atoms with van der Waals surface area (Å²) >= 11 is 0. The lowest BCUT2D eigenvalue weighted by atomic mass is 10.1. The van der Waals surface area contributed by atoms with Crippen LogP contribution in [0.15, 0.2) is 12.1 Å². The second-order valence-corrected chi connectivity index (χ2v) is 4.02. The summed E-state index contributed by atoms with van der Waals surface area (Å²) in [6.07, 6.45) is 0.822. The first-order chi connectivity index (χ1) is 9.03. The van der Waals surface area contributed by atoms with E-state index in [4.69, 9.17) is 20.1 Å². The third kappa shape index (κ3) is 3.75. The molecule has 0 heterocycles. The van der Waals surface area contributed by atoms with E-state index < -0.39 is 0 Å². The molecule has 0 saturated carbocycles. The molecule has 0 unspecified atom stereocenters. The maximum Gasteiger partial charge on any atom is 0.236 e. The van der Waals surface area contributed by atoms with E-state index in [-0.39, 0.29) is 5.91 Å². The van der Waals surface area contributed by atoms with Crippen LogP contribution in [0.2, 0.25) is 0 Å². The van der Waals surface area contributed by atoms with Crippen LogP contribution < -0.4 is 20.1 Å². The lowest BCUT2D eigenvalue weighted by Gasteiger charge is -2.15. The summed E-state index contributed by atoms with van der Waals surface area (Å²) in [5, 5.41) is 1.08. The molecule has 0 fully saturated rings. The molecule has 0 aliphatic heterocycles. The number of aryl methyl sites for hydroxylation is 1. The number of carbonyl (C=O) groups is 1. The van der Waals surface area contributed by atoms with Crippen molar-refractivity contribution in [3.8, 4) is 17.2 Å². The molecule has 106 valence electrons. The molecular weight excluding hydrogens is 248 g/mol. The lowest BCUT2D eigenvalue weighted by molar-refractivity contribution is -0.130. The van der Waals surface area contributed by atoms with Gasteiger partial charge >= 0.3 is 0 Å². The summed E-state index contributed by atoms with van der Waals surface area (Å²) < 4.78 is 15.7.